The van der Waals surface area contributed by atoms with E-state index in [-0.39, 0.29) is 23.4 Å². The van der Waals surface area contributed by atoms with Crippen molar-refractivity contribution in [1.29, 1.82) is 0 Å². The first-order valence-electron chi connectivity index (χ1n) is 6.09. The van der Waals surface area contributed by atoms with Crippen LogP contribution in [0.2, 0.25) is 0 Å². The number of carboxylic acid groups (broad SMARTS) is 2. The topological polar surface area (TPSA) is 113 Å². The first kappa shape index (κ1) is 14.1. The first-order valence-corrected chi connectivity index (χ1v) is 6.09. The number of aromatic carboxylic acids is 1. The number of nitrogens with zero attached hydrogens (tertiary/aromatic N) is 1. The molecule has 1 aromatic rings. The number of ether oxygens (including phenoxy) is 1. The lowest BCUT2D eigenvalue weighted by Crippen LogP contribution is -2.44. The zero-order valence-electron chi connectivity index (χ0n) is 11.2. The number of rotatable bonds is 2. The van der Waals surface area contributed by atoms with E-state index in [1.54, 1.807) is 6.92 Å². The second-order valence-electron chi connectivity index (χ2n) is 4.76. The molecule has 0 spiro atoms. The van der Waals surface area contributed by atoms with Gasteiger partial charge in [-0.15, -0.1) is 0 Å². The molecule has 0 aliphatic carbocycles. The molecule has 4 N–H and O–H groups in total. The molecule has 2 rings (SSSR count). The summed E-state index contributed by atoms with van der Waals surface area (Å²) < 4.78 is 5.04. The van der Waals surface area contributed by atoms with Crippen LogP contribution in [0.3, 0.4) is 0 Å². The fourth-order valence-corrected chi connectivity index (χ4v) is 2.55. The van der Waals surface area contributed by atoms with Gasteiger partial charge in [0.2, 0.25) is 0 Å². The summed E-state index contributed by atoms with van der Waals surface area (Å²) in [4.78, 5) is 23.7. The van der Waals surface area contributed by atoms with E-state index >= 15 is 0 Å². The summed E-state index contributed by atoms with van der Waals surface area (Å²) in [5, 5.41) is 18.5. The molecule has 7 nitrogen and oxygen atoms in total. The lowest BCUT2D eigenvalue weighted by atomic mass is 9.91. The van der Waals surface area contributed by atoms with Crippen molar-refractivity contribution in [1.82, 2.24) is 0 Å². The Hall–Kier alpha value is -2.28. The Bertz CT molecular complexity index is 572. The third kappa shape index (κ3) is 2.16. The molecule has 2 unspecified atom stereocenters. The summed E-state index contributed by atoms with van der Waals surface area (Å²) in [7, 11) is 1.36. The number of nitrogens with two attached hydrogens (primary N) is 1. The van der Waals surface area contributed by atoms with Crippen LogP contribution in [-0.4, -0.2) is 35.4 Å². The molecule has 1 aromatic carbocycles. The molecule has 2 atom stereocenters. The van der Waals surface area contributed by atoms with Gasteiger partial charge in [-0.05, 0) is 31.0 Å². The summed E-state index contributed by atoms with van der Waals surface area (Å²) >= 11 is 0. The van der Waals surface area contributed by atoms with Crippen molar-refractivity contribution in [2.45, 2.75) is 25.4 Å². The van der Waals surface area contributed by atoms with Crippen LogP contribution >= 0.6 is 0 Å². The molecule has 0 saturated carbocycles. The monoisotopic (exact) mass is 280 g/mol. The minimum absolute atomic E-state index is 0.0844. The number of anilines is 1. The Morgan fingerprint density at radius 3 is 2.55 bits per heavy atom. The van der Waals surface area contributed by atoms with Crippen molar-refractivity contribution in [3.05, 3.63) is 23.3 Å². The maximum absolute atomic E-state index is 11.4. The van der Waals surface area contributed by atoms with Gasteiger partial charge in [-0.1, -0.05) is 0 Å². The number of hydrogen-bond acceptors (Lipinski definition) is 4. The number of carboxylic acids is 1. The van der Waals surface area contributed by atoms with Crippen LogP contribution < -0.4 is 15.4 Å². The van der Waals surface area contributed by atoms with Gasteiger partial charge in [0.15, 0.2) is 0 Å². The summed E-state index contributed by atoms with van der Waals surface area (Å²) in [5.74, 6) is -1.01. The molecular weight excluding hydrogens is 264 g/mol. The molecule has 20 heavy (non-hydrogen) atoms. The Balaban J connectivity index is 2.67. The van der Waals surface area contributed by atoms with Crippen molar-refractivity contribution < 1.29 is 24.5 Å². The number of carbonyl (C=O) groups is 2. The van der Waals surface area contributed by atoms with E-state index in [0.717, 1.165) is 4.90 Å². The molecule has 0 aromatic heterocycles. The van der Waals surface area contributed by atoms with Gasteiger partial charge in [-0.3, -0.25) is 4.90 Å². The molecule has 108 valence electrons. The first-order chi connectivity index (χ1) is 9.36. The number of fused-ring (bicyclic) bond motifs is 1. The molecule has 1 heterocycles. The highest BCUT2D eigenvalue weighted by atomic mass is 16.5. The minimum Gasteiger partial charge on any atom is -0.496 e. The lowest BCUT2D eigenvalue weighted by Gasteiger charge is -2.36. The van der Waals surface area contributed by atoms with Crippen LogP contribution in [0.1, 0.15) is 35.3 Å². The molecule has 1 aliphatic rings. The highest BCUT2D eigenvalue weighted by Crippen LogP contribution is 2.39. The summed E-state index contributed by atoms with van der Waals surface area (Å²) in [5.41, 5.74) is 6.83. The fourth-order valence-electron chi connectivity index (χ4n) is 2.55. The van der Waals surface area contributed by atoms with E-state index in [4.69, 9.17) is 10.5 Å². The van der Waals surface area contributed by atoms with Gasteiger partial charge < -0.3 is 20.7 Å². The van der Waals surface area contributed by atoms with Gasteiger partial charge in [0.1, 0.15) is 11.3 Å². The van der Waals surface area contributed by atoms with E-state index < -0.39 is 12.1 Å². The van der Waals surface area contributed by atoms with Crippen LogP contribution in [0.4, 0.5) is 10.5 Å². The third-order valence-corrected chi connectivity index (χ3v) is 3.48. The van der Waals surface area contributed by atoms with E-state index in [9.17, 15) is 19.8 Å². The van der Waals surface area contributed by atoms with Gasteiger partial charge in [0.25, 0.3) is 0 Å². The zero-order chi connectivity index (χ0) is 15.0. The third-order valence-electron chi connectivity index (χ3n) is 3.48. The van der Waals surface area contributed by atoms with Gasteiger partial charge >= 0.3 is 12.1 Å². The number of hydrogen-bond donors (Lipinski definition) is 3. The zero-order valence-corrected chi connectivity index (χ0v) is 11.2. The van der Waals surface area contributed by atoms with Gasteiger partial charge in [-0.2, -0.15) is 0 Å². The van der Waals surface area contributed by atoms with Gasteiger partial charge in [-0.25, -0.2) is 9.59 Å². The van der Waals surface area contributed by atoms with Crippen molar-refractivity contribution >= 4 is 17.7 Å². The molecule has 0 radical (unpaired) electrons. The van der Waals surface area contributed by atoms with E-state index in [2.05, 4.69) is 0 Å². The Labute approximate surface area is 115 Å². The standard InChI is InChI=1S/C13H16N2O5/c1-6-3-9(14)7-5-11(20-2)8(12(16)17)4-10(7)15(6)13(18)19/h4-6,9H,3,14H2,1-2H3,(H,16,17)(H,18,19). The van der Waals surface area contributed by atoms with Crippen LogP contribution in [-0.2, 0) is 0 Å². The summed E-state index contributed by atoms with van der Waals surface area (Å²) in [6.07, 6.45) is -0.665. The molecule has 7 heteroatoms. The van der Waals surface area contributed by atoms with E-state index in [0.29, 0.717) is 17.7 Å². The Kier molecular flexibility index (Phi) is 3.54. The highest BCUT2D eigenvalue weighted by Gasteiger charge is 2.34. The quantitative estimate of drug-likeness (QED) is 0.759. The molecule has 0 bridgehead atoms. The number of amides is 1. The van der Waals surface area contributed by atoms with Crippen molar-refractivity contribution in [2.24, 2.45) is 5.73 Å². The SMILES string of the molecule is COc1cc2c(cc1C(=O)O)N(C(=O)O)C(C)CC2N. The smallest absolute Gasteiger partial charge is 0.412 e. The second-order valence-corrected chi connectivity index (χ2v) is 4.76. The fraction of sp³-hybridized carbons (Fsp3) is 0.385. The Morgan fingerprint density at radius 1 is 1.40 bits per heavy atom. The lowest BCUT2D eigenvalue weighted by molar-refractivity contribution is 0.0693. The maximum atomic E-state index is 11.4. The van der Waals surface area contributed by atoms with Gasteiger partial charge in [0, 0.05) is 12.1 Å². The minimum atomic E-state index is -1.18. The van der Waals surface area contributed by atoms with Crippen molar-refractivity contribution in [3.63, 3.8) is 0 Å². The summed E-state index contributed by atoms with van der Waals surface area (Å²) in [6, 6.07) is 2.14. The van der Waals surface area contributed by atoms with Crippen molar-refractivity contribution in [2.75, 3.05) is 12.0 Å². The average molecular weight is 280 g/mol. The maximum Gasteiger partial charge on any atom is 0.412 e. The second kappa shape index (κ2) is 5.01. The molecule has 1 aliphatic heterocycles. The molecule has 0 fully saturated rings. The molecule has 1 amide bonds. The molecular formula is C13H16N2O5. The largest absolute Gasteiger partial charge is 0.496 e. The normalized spacial score (nSPS) is 21.2. The van der Waals surface area contributed by atoms with E-state index in [1.807, 2.05) is 0 Å². The van der Waals surface area contributed by atoms with E-state index in [1.165, 1.54) is 19.2 Å². The Morgan fingerprint density at radius 2 is 2.05 bits per heavy atom. The van der Waals surface area contributed by atoms with Crippen LogP contribution in [0, 0.1) is 0 Å². The number of benzene rings is 1. The van der Waals surface area contributed by atoms with Gasteiger partial charge in [0.05, 0.1) is 12.8 Å². The van der Waals surface area contributed by atoms with Crippen LogP contribution in [0.15, 0.2) is 12.1 Å². The number of methoxy groups -OCH3 is 1. The highest BCUT2D eigenvalue weighted by molar-refractivity contribution is 5.96. The summed E-state index contributed by atoms with van der Waals surface area (Å²) in [6.45, 7) is 1.74. The predicted octanol–water partition coefficient (Wildman–Crippen LogP) is 1.67. The predicted molar refractivity (Wildman–Crippen MR) is 71.5 cm³/mol. The van der Waals surface area contributed by atoms with Crippen molar-refractivity contribution in [3.8, 4) is 5.75 Å². The average Bonchev–Trinajstić information content (AvgIpc) is 2.36. The molecule has 0 saturated heterocycles. The van der Waals surface area contributed by atoms with Crippen LogP contribution in [0.5, 0.6) is 5.75 Å². The van der Waals surface area contributed by atoms with Crippen LogP contribution in [0.25, 0.3) is 0 Å².